The van der Waals surface area contributed by atoms with Gasteiger partial charge in [0.1, 0.15) is 0 Å². The van der Waals surface area contributed by atoms with Crippen molar-refractivity contribution in [1.82, 2.24) is 15.5 Å². The Balaban J connectivity index is 0.00000320. The third-order valence-electron chi connectivity index (χ3n) is 6.08. The minimum absolute atomic E-state index is 0. The maximum absolute atomic E-state index is 11.6. The van der Waals surface area contributed by atoms with Gasteiger partial charge in [0.05, 0.1) is 4.90 Å². The molecule has 0 atom stereocenters. The van der Waals surface area contributed by atoms with Crippen molar-refractivity contribution >= 4 is 39.8 Å². The van der Waals surface area contributed by atoms with E-state index in [-0.39, 0.29) is 24.0 Å². The molecule has 1 heterocycles. The lowest BCUT2D eigenvalue weighted by Gasteiger charge is -2.36. The summed E-state index contributed by atoms with van der Waals surface area (Å²) in [6.07, 6.45) is 9.94. The molecule has 0 spiro atoms. The largest absolute Gasteiger partial charge is 0.357 e. The molecular formula is C22H37IN4O2S. The number of hydrogen-bond donors (Lipinski definition) is 2. The average Bonchev–Trinajstić information content (AvgIpc) is 3.23. The number of rotatable bonds is 7. The van der Waals surface area contributed by atoms with Gasteiger partial charge in [-0.25, -0.2) is 8.42 Å². The lowest BCUT2D eigenvalue weighted by atomic mass is 10.0. The molecule has 170 valence electrons. The van der Waals surface area contributed by atoms with E-state index in [9.17, 15) is 8.42 Å². The van der Waals surface area contributed by atoms with Crippen LogP contribution in [0, 0.1) is 0 Å². The van der Waals surface area contributed by atoms with E-state index in [1.807, 2.05) is 12.1 Å². The van der Waals surface area contributed by atoms with Crippen LogP contribution in [0.3, 0.4) is 0 Å². The Morgan fingerprint density at radius 2 is 1.73 bits per heavy atom. The highest BCUT2D eigenvalue weighted by Crippen LogP contribution is 2.26. The second kappa shape index (κ2) is 12.2. The van der Waals surface area contributed by atoms with Crippen LogP contribution in [0.2, 0.25) is 0 Å². The SMILES string of the molecule is CCNC(=NCCc1ccc(S(C)(=O)=O)cc1)NC1CCN(C2CCCC2)CC1.I. The fourth-order valence-electron chi connectivity index (χ4n) is 4.39. The Hall–Kier alpha value is -0.870. The zero-order valence-electron chi connectivity index (χ0n) is 18.3. The lowest BCUT2D eigenvalue weighted by Crippen LogP contribution is -2.50. The Labute approximate surface area is 199 Å². The molecule has 2 aliphatic rings. The van der Waals surface area contributed by atoms with Gasteiger partial charge in [-0.3, -0.25) is 4.99 Å². The molecule has 0 amide bonds. The van der Waals surface area contributed by atoms with Gasteiger partial charge >= 0.3 is 0 Å². The molecule has 1 aromatic rings. The lowest BCUT2D eigenvalue weighted by molar-refractivity contribution is 0.150. The first-order valence-electron chi connectivity index (χ1n) is 11.0. The van der Waals surface area contributed by atoms with Crippen molar-refractivity contribution < 1.29 is 8.42 Å². The minimum Gasteiger partial charge on any atom is -0.357 e. The number of hydrogen-bond acceptors (Lipinski definition) is 4. The van der Waals surface area contributed by atoms with Gasteiger partial charge in [-0.05, 0) is 56.7 Å². The summed E-state index contributed by atoms with van der Waals surface area (Å²) in [5.74, 6) is 0.888. The van der Waals surface area contributed by atoms with Crippen molar-refractivity contribution in [2.75, 3.05) is 32.4 Å². The summed E-state index contributed by atoms with van der Waals surface area (Å²) in [6.45, 7) is 5.98. The summed E-state index contributed by atoms with van der Waals surface area (Å²) in [4.78, 5) is 7.79. The summed E-state index contributed by atoms with van der Waals surface area (Å²) >= 11 is 0. The number of benzene rings is 1. The highest BCUT2D eigenvalue weighted by molar-refractivity contribution is 14.0. The molecule has 0 radical (unpaired) electrons. The van der Waals surface area contributed by atoms with Crippen LogP contribution >= 0.6 is 24.0 Å². The number of piperidine rings is 1. The molecule has 3 rings (SSSR count). The highest BCUT2D eigenvalue weighted by atomic mass is 127. The summed E-state index contributed by atoms with van der Waals surface area (Å²) < 4.78 is 23.1. The van der Waals surface area contributed by atoms with Crippen molar-refractivity contribution in [3.63, 3.8) is 0 Å². The quantitative estimate of drug-likeness (QED) is 0.311. The number of nitrogens with zero attached hydrogens (tertiary/aromatic N) is 2. The Bertz CT molecular complexity index is 769. The van der Waals surface area contributed by atoms with E-state index >= 15 is 0 Å². The summed E-state index contributed by atoms with van der Waals surface area (Å²) in [6, 6.07) is 8.42. The molecule has 30 heavy (non-hydrogen) atoms. The summed E-state index contributed by atoms with van der Waals surface area (Å²) in [5.41, 5.74) is 1.10. The average molecular weight is 549 g/mol. The van der Waals surface area contributed by atoms with Crippen LogP contribution in [0.25, 0.3) is 0 Å². The van der Waals surface area contributed by atoms with E-state index < -0.39 is 9.84 Å². The van der Waals surface area contributed by atoms with Gasteiger partial charge in [-0.15, -0.1) is 24.0 Å². The van der Waals surface area contributed by atoms with E-state index in [4.69, 9.17) is 4.99 Å². The van der Waals surface area contributed by atoms with Crippen molar-refractivity contribution in [3.05, 3.63) is 29.8 Å². The number of nitrogens with one attached hydrogen (secondary N) is 2. The molecule has 6 nitrogen and oxygen atoms in total. The van der Waals surface area contributed by atoms with E-state index in [0.29, 0.717) is 17.5 Å². The molecule has 0 aromatic heterocycles. The molecule has 2 fully saturated rings. The van der Waals surface area contributed by atoms with Crippen LogP contribution in [-0.2, 0) is 16.3 Å². The monoisotopic (exact) mass is 548 g/mol. The van der Waals surface area contributed by atoms with Crippen molar-refractivity contribution in [1.29, 1.82) is 0 Å². The number of aliphatic imine (C=N–C) groups is 1. The van der Waals surface area contributed by atoms with Gasteiger partial charge in [-0.1, -0.05) is 25.0 Å². The van der Waals surface area contributed by atoms with Gasteiger partial charge in [0, 0.05) is 44.5 Å². The molecule has 0 unspecified atom stereocenters. The van der Waals surface area contributed by atoms with E-state index in [1.54, 1.807) is 12.1 Å². The maximum Gasteiger partial charge on any atom is 0.191 e. The van der Waals surface area contributed by atoms with Crippen LogP contribution < -0.4 is 10.6 Å². The first-order chi connectivity index (χ1) is 14.0. The van der Waals surface area contributed by atoms with E-state index in [2.05, 4.69) is 22.5 Å². The van der Waals surface area contributed by atoms with Crippen LogP contribution in [-0.4, -0.2) is 63.8 Å². The third-order valence-corrected chi connectivity index (χ3v) is 7.21. The van der Waals surface area contributed by atoms with Crippen LogP contribution in [0.15, 0.2) is 34.2 Å². The predicted molar refractivity (Wildman–Crippen MR) is 135 cm³/mol. The number of guanidine groups is 1. The second-order valence-corrected chi connectivity index (χ2v) is 10.3. The fraction of sp³-hybridized carbons (Fsp3) is 0.682. The van der Waals surface area contributed by atoms with Crippen LogP contribution in [0.5, 0.6) is 0 Å². The molecular weight excluding hydrogens is 511 g/mol. The molecule has 0 bridgehead atoms. The molecule has 1 aliphatic carbocycles. The Morgan fingerprint density at radius 1 is 1.10 bits per heavy atom. The van der Waals surface area contributed by atoms with E-state index in [1.165, 1.54) is 57.9 Å². The molecule has 1 saturated heterocycles. The zero-order valence-corrected chi connectivity index (χ0v) is 21.4. The van der Waals surface area contributed by atoms with Gasteiger partial charge < -0.3 is 15.5 Å². The van der Waals surface area contributed by atoms with Crippen molar-refractivity contribution in [3.8, 4) is 0 Å². The smallest absolute Gasteiger partial charge is 0.191 e. The van der Waals surface area contributed by atoms with Crippen molar-refractivity contribution in [2.45, 2.75) is 68.8 Å². The Morgan fingerprint density at radius 3 is 2.30 bits per heavy atom. The van der Waals surface area contributed by atoms with Crippen LogP contribution in [0.1, 0.15) is 51.0 Å². The highest BCUT2D eigenvalue weighted by Gasteiger charge is 2.27. The molecule has 1 aromatic carbocycles. The first-order valence-corrected chi connectivity index (χ1v) is 12.9. The normalized spacial score (nSPS) is 19.5. The minimum atomic E-state index is -3.14. The zero-order chi connectivity index (χ0) is 20.7. The number of sulfone groups is 1. The summed E-state index contributed by atoms with van der Waals surface area (Å²) in [5, 5.41) is 6.97. The molecule has 8 heteroatoms. The topological polar surface area (TPSA) is 73.8 Å². The van der Waals surface area contributed by atoms with Crippen LogP contribution in [0.4, 0.5) is 0 Å². The number of halogens is 1. The fourth-order valence-corrected chi connectivity index (χ4v) is 5.02. The maximum atomic E-state index is 11.6. The van der Waals surface area contributed by atoms with Gasteiger partial charge in [-0.2, -0.15) is 0 Å². The molecule has 2 N–H and O–H groups in total. The van der Waals surface area contributed by atoms with Gasteiger partial charge in [0.25, 0.3) is 0 Å². The summed E-state index contributed by atoms with van der Waals surface area (Å²) in [7, 11) is -3.14. The predicted octanol–water partition coefficient (Wildman–Crippen LogP) is 3.21. The number of likely N-dealkylation sites (tertiary alicyclic amines) is 1. The second-order valence-electron chi connectivity index (χ2n) is 8.32. The van der Waals surface area contributed by atoms with E-state index in [0.717, 1.165) is 30.5 Å². The van der Waals surface area contributed by atoms with Crippen molar-refractivity contribution in [2.24, 2.45) is 4.99 Å². The molecule has 1 aliphatic heterocycles. The Kier molecular flexibility index (Phi) is 10.4. The molecule has 1 saturated carbocycles. The third kappa shape index (κ3) is 7.67. The first kappa shape index (κ1) is 25.4. The standard InChI is InChI=1S/C22H36N4O2S.HI/c1-3-23-22(24-15-12-18-8-10-21(11-9-18)29(2,27)28)25-19-13-16-26(17-14-19)20-6-4-5-7-20;/h8-11,19-20H,3-7,12-17H2,1-2H3,(H2,23,24,25);1H. The van der Waals surface area contributed by atoms with Gasteiger partial charge in [0.2, 0.25) is 0 Å². The van der Waals surface area contributed by atoms with Gasteiger partial charge in [0.15, 0.2) is 15.8 Å².